The van der Waals surface area contributed by atoms with Crippen LogP contribution in [-0.4, -0.2) is 15.8 Å². The van der Waals surface area contributed by atoms with Crippen LogP contribution in [0.3, 0.4) is 0 Å². The molecule has 2 rings (SSSR count). The molecule has 0 fully saturated rings. The number of carbonyl (C=O) groups excluding carboxylic acids is 1. The van der Waals surface area contributed by atoms with Gasteiger partial charge in [0.05, 0.1) is 0 Å². The van der Waals surface area contributed by atoms with Gasteiger partial charge in [-0.3, -0.25) is 4.79 Å². The minimum atomic E-state index is -4.46. The van der Waals surface area contributed by atoms with E-state index in [1.54, 1.807) is 25.1 Å². The van der Waals surface area contributed by atoms with Gasteiger partial charge in [-0.2, -0.15) is 13.2 Å². The molecule has 0 unspecified atom stereocenters. The van der Waals surface area contributed by atoms with Gasteiger partial charge in [0.15, 0.2) is 5.69 Å². The average molecular weight is 268 g/mol. The molecule has 0 spiro atoms. The van der Waals surface area contributed by atoms with Crippen molar-refractivity contribution in [2.75, 3.05) is 0 Å². The highest BCUT2D eigenvalue weighted by Crippen LogP contribution is 2.30. The van der Waals surface area contributed by atoms with E-state index in [4.69, 9.17) is 0 Å². The molecule has 1 heterocycles. The number of benzene rings is 1. The third kappa shape index (κ3) is 2.52. The van der Waals surface area contributed by atoms with Crippen molar-refractivity contribution in [1.29, 1.82) is 0 Å². The van der Waals surface area contributed by atoms with Gasteiger partial charge < -0.3 is 4.57 Å². The highest BCUT2D eigenvalue weighted by molar-refractivity contribution is 5.78. The predicted octanol–water partition coefficient (Wildman–Crippen LogP) is 3.23. The molecule has 3 nitrogen and oxygen atoms in total. The van der Waals surface area contributed by atoms with Crippen molar-refractivity contribution in [3.63, 3.8) is 0 Å². The lowest BCUT2D eigenvalue weighted by molar-refractivity contribution is -0.140. The SMILES string of the molecule is Cc1cc(-c2nc(C(F)(F)F)cn2C)ccc1C=O. The molecule has 0 saturated heterocycles. The molecule has 100 valence electrons. The molecular formula is C13H11F3N2O. The van der Waals surface area contributed by atoms with E-state index in [-0.39, 0.29) is 5.82 Å². The molecule has 0 bridgehead atoms. The molecule has 19 heavy (non-hydrogen) atoms. The van der Waals surface area contributed by atoms with Crippen molar-refractivity contribution in [1.82, 2.24) is 9.55 Å². The molecular weight excluding hydrogens is 257 g/mol. The number of hydrogen-bond donors (Lipinski definition) is 0. The fraction of sp³-hybridized carbons (Fsp3) is 0.231. The minimum absolute atomic E-state index is 0.216. The number of halogens is 3. The lowest BCUT2D eigenvalue weighted by Crippen LogP contribution is -2.04. The Morgan fingerprint density at radius 2 is 2.00 bits per heavy atom. The second kappa shape index (κ2) is 4.53. The lowest BCUT2D eigenvalue weighted by atomic mass is 10.1. The van der Waals surface area contributed by atoms with E-state index < -0.39 is 11.9 Å². The van der Waals surface area contributed by atoms with Crippen molar-refractivity contribution in [2.24, 2.45) is 7.05 Å². The van der Waals surface area contributed by atoms with Gasteiger partial charge in [0.2, 0.25) is 0 Å². The minimum Gasteiger partial charge on any atom is -0.333 e. The summed E-state index contributed by atoms with van der Waals surface area (Å²) in [6.45, 7) is 1.72. The van der Waals surface area contributed by atoms with Crippen LogP contribution in [0.5, 0.6) is 0 Å². The maximum atomic E-state index is 12.6. The maximum Gasteiger partial charge on any atom is 0.434 e. The molecule has 6 heteroatoms. The Bertz CT molecular complexity index is 629. The average Bonchev–Trinajstić information content (AvgIpc) is 2.71. The van der Waals surface area contributed by atoms with Crippen LogP contribution in [0.4, 0.5) is 13.2 Å². The highest BCUT2D eigenvalue weighted by atomic mass is 19.4. The first-order chi connectivity index (χ1) is 8.82. The first-order valence-electron chi connectivity index (χ1n) is 5.49. The smallest absolute Gasteiger partial charge is 0.333 e. The van der Waals surface area contributed by atoms with Gasteiger partial charge in [0, 0.05) is 24.4 Å². The monoisotopic (exact) mass is 268 g/mol. The van der Waals surface area contributed by atoms with E-state index in [0.29, 0.717) is 23.0 Å². The molecule has 0 N–H and O–H groups in total. The Morgan fingerprint density at radius 3 is 2.47 bits per heavy atom. The van der Waals surface area contributed by atoms with Crippen LogP contribution in [0.25, 0.3) is 11.4 Å². The Balaban J connectivity index is 2.50. The fourth-order valence-electron chi connectivity index (χ4n) is 1.82. The lowest BCUT2D eigenvalue weighted by Gasteiger charge is -2.04. The summed E-state index contributed by atoms with van der Waals surface area (Å²) in [5.41, 5.74) is 0.821. The topological polar surface area (TPSA) is 34.9 Å². The second-order valence-corrected chi connectivity index (χ2v) is 4.25. The third-order valence-electron chi connectivity index (χ3n) is 2.82. The van der Waals surface area contributed by atoms with Gasteiger partial charge in [-0.25, -0.2) is 4.98 Å². The van der Waals surface area contributed by atoms with Crippen LogP contribution in [0.1, 0.15) is 21.6 Å². The van der Waals surface area contributed by atoms with Crippen molar-refractivity contribution < 1.29 is 18.0 Å². The zero-order valence-electron chi connectivity index (χ0n) is 10.3. The number of rotatable bonds is 2. The van der Waals surface area contributed by atoms with Crippen LogP contribution in [0, 0.1) is 6.92 Å². The van der Waals surface area contributed by atoms with Crippen LogP contribution in [0.2, 0.25) is 0 Å². The standard InChI is InChI=1S/C13H11F3N2O/c1-8-5-9(3-4-10(8)7-19)12-17-11(6-18(12)2)13(14,15)16/h3-7H,1-2H3. The molecule has 0 atom stereocenters. The van der Waals surface area contributed by atoms with Crippen molar-refractivity contribution in [2.45, 2.75) is 13.1 Å². The van der Waals surface area contributed by atoms with E-state index in [1.165, 1.54) is 11.6 Å². The molecule has 2 aromatic rings. The van der Waals surface area contributed by atoms with Crippen molar-refractivity contribution in [3.8, 4) is 11.4 Å². The summed E-state index contributed by atoms with van der Waals surface area (Å²) in [6.07, 6.45) is -2.81. The Hall–Kier alpha value is -2.11. The Labute approximate surface area is 107 Å². The van der Waals surface area contributed by atoms with Crippen LogP contribution >= 0.6 is 0 Å². The number of imidazole rings is 1. The molecule has 0 aliphatic heterocycles. The summed E-state index contributed by atoms with van der Waals surface area (Å²) < 4.78 is 39.0. The van der Waals surface area contributed by atoms with E-state index in [0.717, 1.165) is 6.20 Å². The van der Waals surface area contributed by atoms with Crippen LogP contribution in [0.15, 0.2) is 24.4 Å². The Morgan fingerprint density at radius 1 is 1.32 bits per heavy atom. The zero-order chi connectivity index (χ0) is 14.2. The number of aromatic nitrogens is 2. The Kier molecular flexibility index (Phi) is 3.18. The van der Waals surface area contributed by atoms with Crippen molar-refractivity contribution >= 4 is 6.29 Å². The zero-order valence-corrected chi connectivity index (χ0v) is 10.3. The summed E-state index contributed by atoms with van der Waals surface area (Å²) in [4.78, 5) is 14.3. The number of alkyl halides is 3. The maximum absolute atomic E-state index is 12.6. The molecule has 1 aromatic heterocycles. The summed E-state index contributed by atoms with van der Waals surface area (Å²) in [7, 11) is 1.50. The summed E-state index contributed by atoms with van der Waals surface area (Å²) in [5, 5.41) is 0. The van der Waals surface area contributed by atoms with E-state index in [9.17, 15) is 18.0 Å². The highest BCUT2D eigenvalue weighted by Gasteiger charge is 2.34. The second-order valence-electron chi connectivity index (χ2n) is 4.25. The predicted molar refractivity (Wildman–Crippen MR) is 63.8 cm³/mol. The van der Waals surface area contributed by atoms with Crippen LogP contribution in [-0.2, 0) is 13.2 Å². The fourth-order valence-corrected chi connectivity index (χ4v) is 1.82. The van der Waals surface area contributed by atoms with Gasteiger partial charge in [-0.15, -0.1) is 0 Å². The van der Waals surface area contributed by atoms with Crippen molar-refractivity contribution in [3.05, 3.63) is 41.2 Å². The largest absolute Gasteiger partial charge is 0.434 e. The molecule has 1 aromatic carbocycles. The van der Waals surface area contributed by atoms with Gasteiger partial charge >= 0.3 is 6.18 Å². The van der Waals surface area contributed by atoms with Gasteiger partial charge in [0.1, 0.15) is 12.1 Å². The molecule has 0 aliphatic carbocycles. The number of hydrogen-bond acceptors (Lipinski definition) is 2. The number of aryl methyl sites for hydroxylation is 2. The number of carbonyl (C=O) groups is 1. The summed E-state index contributed by atoms with van der Waals surface area (Å²) in [6, 6.07) is 4.80. The first-order valence-corrected chi connectivity index (χ1v) is 5.49. The van der Waals surface area contributed by atoms with E-state index in [1.807, 2.05) is 0 Å². The molecule has 0 saturated carbocycles. The molecule has 0 aliphatic rings. The quantitative estimate of drug-likeness (QED) is 0.784. The number of aldehydes is 1. The first kappa shape index (κ1) is 13.3. The third-order valence-corrected chi connectivity index (χ3v) is 2.82. The summed E-state index contributed by atoms with van der Waals surface area (Å²) in [5.74, 6) is 0.216. The molecule has 0 radical (unpaired) electrons. The summed E-state index contributed by atoms with van der Waals surface area (Å²) >= 11 is 0. The van der Waals surface area contributed by atoms with E-state index >= 15 is 0 Å². The van der Waals surface area contributed by atoms with Gasteiger partial charge in [-0.05, 0) is 18.6 Å². The normalized spacial score (nSPS) is 11.6. The molecule has 0 amide bonds. The number of nitrogens with zero attached hydrogens (tertiary/aromatic N) is 2. The van der Waals surface area contributed by atoms with Gasteiger partial charge in [0.25, 0.3) is 0 Å². The van der Waals surface area contributed by atoms with Crippen LogP contribution < -0.4 is 0 Å². The van der Waals surface area contributed by atoms with E-state index in [2.05, 4.69) is 4.98 Å². The van der Waals surface area contributed by atoms with Gasteiger partial charge in [-0.1, -0.05) is 12.1 Å².